The third kappa shape index (κ3) is 4.90. The van der Waals surface area contributed by atoms with Crippen molar-refractivity contribution in [2.45, 2.75) is 58.4 Å². The van der Waals surface area contributed by atoms with Gasteiger partial charge in [-0.25, -0.2) is 0 Å². The molecule has 0 aromatic carbocycles. The van der Waals surface area contributed by atoms with Gasteiger partial charge in [0.1, 0.15) is 5.01 Å². The van der Waals surface area contributed by atoms with Gasteiger partial charge in [-0.15, -0.1) is 22.6 Å². The summed E-state index contributed by atoms with van der Waals surface area (Å²) in [5.74, 6) is 0.396. The fraction of sp³-hybridized carbons (Fsp3) is 0.786. The molecule has 1 aromatic rings. The van der Waals surface area contributed by atoms with Gasteiger partial charge in [-0.2, -0.15) is 0 Å². The Morgan fingerprint density at radius 2 is 2.19 bits per heavy atom. The smallest absolute Gasteiger partial charge is 0.231 e. The van der Waals surface area contributed by atoms with Gasteiger partial charge < -0.3 is 11.1 Å². The maximum absolute atomic E-state index is 12.4. The van der Waals surface area contributed by atoms with Gasteiger partial charge in [-0.3, -0.25) is 4.79 Å². The fourth-order valence-electron chi connectivity index (χ4n) is 2.72. The van der Waals surface area contributed by atoms with Crippen LogP contribution in [-0.4, -0.2) is 21.6 Å². The summed E-state index contributed by atoms with van der Waals surface area (Å²) in [6.07, 6.45) is 4.83. The van der Waals surface area contributed by atoms with Crippen molar-refractivity contribution in [3.8, 4) is 0 Å². The minimum Gasteiger partial charge on any atom is -0.325 e. The molecule has 1 aromatic heterocycles. The molecule has 0 aliphatic heterocycles. The molecule has 1 saturated carbocycles. The minimum absolute atomic E-state index is 0. The Morgan fingerprint density at radius 1 is 1.48 bits per heavy atom. The summed E-state index contributed by atoms with van der Waals surface area (Å²) in [6.45, 7) is 6.25. The van der Waals surface area contributed by atoms with Crippen molar-refractivity contribution < 1.29 is 4.79 Å². The predicted molar refractivity (Wildman–Crippen MR) is 88.9 cm³/mol. The molecule has 0 saturated heterocycles. The molecule has 1 amide bonds. The molecule has 7 heteroatoms. The SMILES string of the molecule is CC(C)Cc1nnc(NC(=O)C2CCCCC2(C)N)s1.Cl. The zero-order valence-corrected chi connectivity index (χ0v) is 14.5. The molecule has 2 rings (SSSR count). The highest BCUT2D eigenvalue weighted by atomic mass is 35.5. The molecule has 1 aliphatic rings. The highest BCUT2D eigenvalue weighted by Crippen LogP contribution is 2.32. The minimum atomic E-state index is -0.409. The average molecular weight is 333 g/mol. The predicted octanol–water partition coefficient (Wildman–Crippen LogP) is 3.00. The molecule has 2 atom stereocenters. The fourth-order valence-corrected chi connectivity index (χ4v) is 3.67. The van der Waals surface area contributed by atoms with E-state index in [0.29, 0.717) is 11.0 Å². The van der Waals surface area contributed by atoms with Crippen LogP contribution in [0.4, 0.5) is 5.13 Å². The molecular formula is C14H25ClN4OS. The number of nitrogens with zero attached hydrogens (tertiary/aromatic N) is 2. The van der Waals surface area contributed by atoms with Crippen LogP contribution < -0.4 is 11.1 Å². The Bertz CT molecular complexity index is 475. The van der Waals surface area contributed by atoms with Crippen LogP contribution in [0.15, 0.2) is 0 Å². The number of amides is 1. The Hall–Kier alpha value is -0.720. The van der Waals surface area contributed by atoms with E-state index in [9.17, 15) is 4.79 Å². The van der Waals surface area contributed by atoms with E-state index in [2.05, 4.69) is 29.4 Å². The van der Waals surface area contributed by atoms with Crippen LogP contribution in [0.1, 0.15) is 51.5 Å². The monoisotopic (exact) mass is 332 g/mol. The Kier molecular flexibility index (Phi) is 6.56. The molecule has 21 heavy (non-hydrogen) atoms. The van der Waals surface area contributed by atoms with Crippen molar-refractivity contribution in [1.82, 2.24) is 10.2 Å². The van der Waals surface area contributed by atoms with Gasteiger partial charge in [-0.1, -0.05) is 38.0 Å². The average Bonchev–Trinajstić information content (AvgIpc) is 2.74. The molecular weight excluding hydrogens is 308 g/mol. The van der Waals surface area contributed by atoms with Gasteiger partial charge in [0.25, 0.3) is 0 Å². The van der Waals surface area contributed by atoms with Crippen molar-refractivity contribution >= 4 is 34.8 Å². The summed E-state index contributed by atoms with van der Waals surface area (Å²) >= 11 is 1.46. The number of carbonyl (C=O) groups is 1. The highest BCUT2D eigenvalue weighted by molar-refractivity contribution is 7.15. The second-order valence-corrected chi connectivity index (χ2v) is 7.45. The van der Waals surface area contributed by atoms with Gasteiger partial charge in [0.05, 0.1) is 5.92 Å². The number of rotatable bonds is 4. The summed E-state index contributed by atoms with van der Waals surface area (Å²) in [7, 11) is 0. The van der Waals surface area contributed by atoms with Crippen molar-refractivity contribution in [2.75, 3.05) is 5.32 Å². The molecule has 120 valence electrons. The van der Waals surface area contributed by atoms with Gasteiger partial charge in [0, 0.05) is 12.0 Å². The number of nitrogens with one attached hydrogen (secondary N) is 1. The third-order valence-electron chi connectivity index (χ3n) is 3.85. The number of aromatic nitrogens is 2. The molecule has 0 bridgehead atoms. The molecule has 1 heterocycles. The summed E-state index contributed by atoms with van der Waals surface area (Å²) in [4.78, 5) is 12.4. The van der Waals surface area contributed by atoms with Crippen molar-refractivity contribution in [1.29, 1.82) is 0 Å². The number of halogens is 1. The molecule has 2 unspecified atom stereocenters. The molecule has 1 fully saturated rings. The van der Waals surface area contributed by atoms with E-state index in [1.165, 1.54) is 11.3 Å². The number of nitrogens with two attached hydrogens (primary N) is 1. The normalized spacial score (nSPS) is 25.5. The first kappa shape index (κ1) is 18.3. The number of anilines is 1. The third-order valence-corrected chi connectivity index (χ3v) is 4.71. The van der Waals surface area contributed by atoms with Gasteiger partial charge >= 0.3 is 0 Å². The lowest BCUT2D eigenvalue weighted by atomic mass is 9.74. The van der Waals surface area contributed by atoms with E-state index in [-0.39, 0.29) is 24.2 Å². The molecule has 1 aliphatic carbocycles. The first-order chi connectivity index (χ1) is 9.38. The zero-order valence-electron chi connectivity index (χ0n) is 12.9. The molecule has 0 radical (unpaired) electrons. The van der Waals surface area contributed by atoms with Gasteiger partial charge in [0.2, 0.25) is 11.0 Å². The highest BCUT2D eigenvalue weighted by Gasteiger charge is 2.38. The second-order valence-electron chi connectivity index (χ2n) is 6.39. The van der Waals surface area contributed by atoms with Crippen molar-refractivity contribution in [2.24, 2.45) is 17.6 Å². The maximum Gasteiger partial charge on any atom is 0.231 e. The van der Waals surface area contributed by atoms with Crippen molar-refractivity contribution in [3.05, 3.63) is 5.01 Å². The quantitative estimate of drug-likeness (QED) is 0.888. The lowest BCUT2D eigenvalue weighted by Crippen LogP contribution is -2.51. The summed E-state index contributed by atoms with van der Waals surface area (Å²) in [6, 6.07) is 0. The van der Waals surface area contributed by atoms with E-state index < -0.39 is 5.54 Å². The maximum atomic E-state index is 12.4. The van der Waals surface area contributed by atoms with Crippen LogP contribution >= 0.6 is 23.7 Å². The Balaban J connectivity index is 0.00000220. The summed E-state index contributed by atoms with van der Waals surface area (Å²) < 4.78 is 0. The second kappa shape index (κ2) is 7.51. The first-order valence-electron chi connectivity index (χ1n) is 7.30. The largest absolute Gasteiger partial charge is 0.325 e. The standard InChI is InChI=1S/C14H24N4OS.ClH/c1-9(2)8-11-17-18-13(20-11)16-12(19)10-6-4-5-7-14(10,3)15;/h9-10H,4-8,15H2,1-3H3,(H,16,18,19);1H. The lowest BCUT2D eigenvalue weighted by molar-refractivity contribution is -0.122. The van der Waals surface area contributed by atoms with E-state index in [4.69, 9.17) is 5.73 Å². The van der Waals surface area contributed by atoms with Crippen LogP contribution in [-0.2, 0) is 11.2 Å². The number of carbonyl (C=O) groups excluding carboxylic acids is 1. The molecule has 5 nitrogen and oxygen atoms in total. The molecule has 3 N–H and O–H groups in total. The van der Waals surface area contributed by atoms with Gasteiger partial charge in [0.15, 0.2) is 0 Å². The lowest BCUT2D eigenvalue weighted by Gasteiger charge is -2.36. The Morgan fingerprint density at radius 3 is 2.81 bits per heavy atom. The zero-order chi connectivity index (χ0) is 14.8. The van der Waals surface area contributed by atoms with Crippen LogP contribution in [0.25, 0.3) is 0 Å². The van der Waals surface area contributed by atoms with Crippen LogP contribution in [0.5, 0.6) is 0 Å². The summed E-state index contributed by atoms with van der Waals surface area (Å²) in [5, 5.41) is 12.6. The Labute approximate surface area is 136 Å². The molecule has 0 spiro atoms. The number of hydrogen-bond acceptors (Lipinski definition) is 5. The topological polar surface area (TPSA) is 80.9 Å². The van der Waals surface area contributed by atoms with Crippen molar-refractivity contribution in [3.63, 3.8) is 0 Å². The number of hydrogen-bond donors (Lipinski definition) is 2. The first-order valence-corrected chi connectivity index (χ1v) is 8.12. The summed E-state index contributed by atoms with van der Waals surface area (Å²) in [5.41, 5.74) is 5.85. The van der Waals surface area contributed by atoms with Crippen LogP contribution in [0, 0.1) is 11.8 Å². The van der Waals surface area contributed by atoms with E-state index in [1.807, 2.05) is 6.92 Å². The van der Waals surface area contributed by atoms with E-state index in [1.54, 1.807) is 0 Å². The van der Waals surface area contributed by atoms with Gasteiger partial charge in [-0.05, 0) is 25.7 Å². The van der Waals surface area contributed by atoms with Crippen LogP contribution in [0.2, 0.25) is 0 Å². The van der Waals surface area contributed by atoms with E-state index >= 15 is 0 Å². The van der Waals surface area contributed by atoms with E-state index in [0.717, 1.165) is 37.1 Å². The van der Waals surface area contributed by atoms with Crippen LogP contribution in [0.3, 0.4) is 0 Å².